The third kappa shape index (κ3) is 2.66. The van der Waals surface area contributed by atoms with Gasteiger partial charge in [-0.1, -0.05) is 0 Å². The van der Waals surface area contributed by atoms with Crippen LogP contribution in [0.5, 0.6) is 17.2 Å². The van der Waals surface area contributed by atoms with Crippen LogP contribution in [0, 0.1) is 17.3 Å². The second kappa shape index (κ2) is 7.17. The highest BCUT2D eigenvalue weighted by atomic mass is 16.7. The Kier molecular flexibility index (Phi) is 4.57. The summed E-state index contributed by atoms with van der Waals surface area (Å²) in [6, 6.07) is -0.178. The van der Waals surface area contributed by atoms with Crippen LogP contribution in [-0.2, 0) is 32.0 Å². The molecule has 34 heavy (non-hydrogen) atoms. The molecule has 3 aliphatic heterocycles. The van der Waals surface area contributed by atoms with Crippen molar-refractivity contribution in [3.63, 3.8) is 0 Å². The number of rotatable bonds is 2. The van der Waals surface area contributed by atoms with Crippen LogP contribution >= 0.6 is 0 Å². The summed E-state index contributed by atoms with van der Waals surface area (Å²) in [6.45, 7) is -0.0593. The first-order chi connectivity index (χ1) is 16.1. The molecule has 5 rings (SSSR count). The van der Waals surface area contributed by atoms with Crippen molar-refractivity contribution in [2.75, 3.05) is 28.0 Å². The molecule has 2 N–H and O–H groups in total. The minimum atomic E-state index is -2.00. The van der Waals surface area contributed by atoms with E-state index >= 15 is 0 Å². The van der Waals surface area contributed by atoms with Crippen LogP contribution < -0.4 is 24.8 Å². The average Bonchev–Trinajstić information content (AvgIpc) is 3.26. The molecule has 4 aliphatic rings. The fourth-order valence-corrected chi connectivity index (χ4v) is 5.22. The number of hydrogen-bond acceptors (Lipinski definition) is 9. The van der Waals surface area contributed by atoms with E-state index < -0.39 is 52.9 Å². The zero-order valence-corrected chi connectivity index (χ0v) is 18.4. The van der Waals surface area contributed by atoms with Gasteiger partial charge in [0.2, 0.25) is 36.2 Å². The number of imide groups is 4. The molecule has 8 amide bonds. The molecule has 13 heteroatoms. The molecule has 0 bridgehead atoms. The Bertz CT molecular complexity index is 1210. The highest BCUT2D eigenvalue weighted by molar-refractivity contribution is 6.21. The molecule has 178 valence electrons. The number of barbiturate groups is 2. The zero-order valence-electron chi connectivity index (χ0n) is 18.4. The molecule has 1 aromatic rings. The summed E-state index contributed by atoms with van der Waals surface area (Å²) in [5.74, 6) is -5.38. The molecule has 3 atom stereocenters. The maximum Gasteiger partial charge on any atom is 0.330 e. The molecule has 0 aromatic heterocycles. The van der Waals surface area contributed by atoms with Crippen molar-refractivity contribution in [3.05, 3.63) is 17.2 Å². The van der Waals surface area contributed by atoms with Gasteiger partial charge in [0.15, 0.2) is 11.5 Å². The number of hydrogen-bond donors (Lipinski definition) is 2. The highest BCUT2D eigenvalue weighted by Crippen LogP contribution is 2.54. The van der Waals surface area contributed by atoms with Crippen LogP contribution in [-0.4, -0.2) is 73.5 Å². The fourth-order valence-electron chi connectivity index (χ4n) is 5.22. The van der Waals surface area contributed by atoms with E-state index in [1.807, 2.05) is 0 Å². The molecule has 2 fully saturated rings. The van der Waals surface area contributed by atoms with Gasteiger partial charge in [0.05, 0.1) is 7.11 Å². The van der Waals surface area contributed by atoms with Gasteiger partial charge in [-0.25, -0.2) is 9.59 Å². The number of fused-ring (bicyclic) bond motifs is 2. The lowest BCUT2D eigenvalue weighted by atomic mass is 9.57. The van der Waals surface area contributed by atoms with Crippen LogP contribution in [0.3, 0.4) is 0 Å². The largest absolute Gasteiger partial charge is 0.492 e. The van der Waals surface area contributed by atoms with Crippen molar-refractivity contribution < 1.29 is 43.0 Å². The standard InChI is InChI=1S/C21H20N4O9/c1-24-16(27)12(15(26)22-19(24)30)10-4-8-5-11-14(34-7-33-11)13(32-3)9(8)6-21(10)17(28)23-20(31)25(2)18(21)29/h5,10,12H,4,6-7H2,1-3H3,(H,22,26,30)(H,23,28,31)/t10-,12+,21-/m1/s1. The van der Waals surface area contributed by atoms with Gasteiger partial charge in [0.25, 0.3) is 0 Å². The molecule has 1 spiro atoms. The predicted molar refractivity (Wildman–Crippen MR) is 109 cm³/mol. The first-order valence-corrected chi connectivity index (χ1v) is 10.4. The Morgan fingerprint density at radius 2 is 1.74 bits per heavy atom. The maximum atomic E-state index is 13.6. The van der Waals surface area contributed by atoms with Gasteiger partial charge in [-0.2, -0.15) is 0 Å². The molecule has 0 radical (unpaired) electrons. The van der Waals surface area contributed by atoms with Crippen LogP contribution in [0.2, 0.25) is 0 Å². The number of amides is 8. The second-order valence-corrected chi connectivity index (χ2v) is 8.53. The normalized spacial score (nSPS) is 28.2. The minimum absolute atomic E-state index is 0.0593. The van der Waals surface area contributed by atoms with Gasteiger partial charge >= 0.3 is 12.1 Å². The van der Waals surface area contributed by atoms with Gasteiger partial charge in [-0.15, -0.1) is 0 Å². The van der Waals surface area contributed by atoms with Crippen molar-refractivity contribution in [2.45, 2.75) is 12.8 Å². The second-order valence-electron chi connectivity index (χ2n) is 8.53. The first kappa shape index (κ1) is 21.7. The number of carbonyl (C=O) groups excluding carboxylic acids is 6. The number of urea groups is 2. The molecule has 13 nitrogen and oxygen atoms in total. The van der Waals surface area contributed by atoms with E-state index in [4.69, 9.17) is 14.2 Å². The van der Waals surface area contributed by atoms with Crippen LogP contribution in [0.15, 0.2) is 6.07 Å². The van der Waals surface area contributed by atoms with Crippen molar-refractivity contribution in [2.24, 2.45) is 17.3 Å². The molecular weight excluding hydrogens is 452 g/mol. The average molecular weight is 472 g/mol. The lowest BCUT2D eigenvalue weighted by molar-refractivity contribution is -0.161. The molecule has 0 saturated carbocycles. The zero-order chi connectivity index (χ0) is 24.5. The van der Waals surface area contributed by atoms with E-state index in [1.165, 1.54) is 21.2 Å². The summed E-state index contributed by atoms with van der Waals surface area (Å²) in [5.41, 5.74) is -0.963. The fraction of sp³-hybridized carbons (Fsp3) is 0.429. The summed E-state index contributed by atoms with van der Waals surface area (Å²) in [7, 11) is 3.79. The monoisotopic (exact) mass is 472 g/mol. The molecule has 3 heterocycles. The van der Waals surface area contributed by atoms with Crippen molar-refractivity contribution in [3.8, 4) is 17.2 Å². The summed E-state index contributed by atoms with van der Waals surface area (Å²) in [5, 5.41) is 4.27. The maximum absolute atomic E-state index is 13.6. The summed E-state index contributed by atoms with van der Waals surface area (Å²) in [6.07, 6.45) is -0.362. The van der Waals surface area contributed by atoms with Gasteiger partial charge in [0.1, 0.15) is 11.3 Å². The van der Waals surface area contributed by atoms with E-state index in [0.717, 1.165) is 9.80 Å². The lowest BCUT2D eigenvalue weighted by Gasteiger charge is -2.48. The third-order valence-electron chi connectivity index (χ3n) is 6.98. The van der Waals surface area contributed by atoms with Gasteiger partial charge in [-0.3, -0.25) is 39.6 Å². The van der Waals surface area contributed by atoms with E-state index in [1.54, 1.807) is 6.07 Å². The smallest absolute Gasteiger partial charge is 0.330 e. The Balaban J connectivity index is 1.73. The van der Waals surface area contributed by atoms with E-state index in [-0.39, 0.29) is 25.4 Å². The van der Waals surface area contributed by atoms with E-state index in [9.17, 15) is 28.8 Å². The van der Waals surface area contributed by atoms with Crippen molar-refractivity contribution >= 4 is 35.7 Å². The summed E-state index contributed by atoms with van der Waals surface area (Å²) >= 11 is 0. The molecular formula is C21H20N4O9. The number of nitrogens with one attached hydrogen (secondary N) is 2. The molecule has 2 saturated heterocycles. The predicted octanol–water partition coefficient (Wildman–Crippen LogP) is -0.842. The minimum Gasteiger partial charge on any atom is -0.492 e. The molecule has 1 aliphatic carbocycles. The number of ether oxygens (including phenoxy) is 3. The third-order valence-corrected chi connectivity index (χ3v) is 6.98. The first-order valence-electron chi connectivity index (χ1n) is 10.4. The Morgan fingerprint density at radius 3 is 2.44 bits per heavy atom. The van der Waals surface area contributed by atoms with E-state index in [2.05, 4.69) is 10.6 Å². The molecule has 0 unspecified atom stereocenters. The van der Waals surface area contributed by atoms with Crippen molar-refractivity contribution in [1.29, 1.82) is 0 Å². The topological polar surface area (TPSA) is 161 Å². The Morgan fingerprint density at radius 1 is 1.03 bits per heavy atom. The van der Waals surface area contributed by atoms with Crippen LogP contribution in [0.1, 0.15) is 11.1 Å². The Labute approximate surface area is 192 Å². The number of nitrogens with zero attached hydrogens (tertiary/aromatic N) is 2. The summed E-state index contributed by atoms with van der Waals surface area (Å²) < 4.78 is 16.5. The van der Waals surface area contributed by atoms with Crippen molar-refractivity contribution in [1.82, 2.24) is 20.4 Å². The van der Waals surface area contributed by atoms with Gasteiger partial charge in [-0.05, 0) is 18.1 Å². The SMILES string of the molecule is COc1c2c(cc3c1OCO3)C[C@H]([C@H]1C(=O)NC(=O)N(C)C1=O)[C@]1(C2)C(=O)NC(=O)N(C)C1=O. The van der Waals surface area contributed by atoms with Crippen LogP contribution in [0.25, 0.3) is 0 Å². The number of benzene rings is 1. The Hall–Kier alpha value is -4.16. The van der Waals surface area contributed by atoms with Gasteiger partial charge < -0.3 is 14.2 Å². The molecule has 1 aromatic carbocycles. The quantitative estimate of drug-likeness (QED) is 0.523. The van der Waals surface area contributed by atoms with Gasteiger partial charge in [0, 0.05) is 32.0 Å². The summed E-state index contributed by atoms with van der Waals surface area (Å²) in [4.78, 5) is 78.6. The number of carbonyl (C=O) groups is 6. The lowest BCUT2D eigenvalue weighted by Crippen LogP contribution is -2.70. The highest BCUT2D eigenvalue weighted by Gasteiger charge is 2.64. The number of methoxy groups -OCH3 is 1. The van der Waals surface area contributed by atoms with E-state index in [0.29, 0.717) is 22.6 Å². The van der Waals surface area contributed by atoms with Crippen LogP contribution in [0.4, 0.5) is 9.59 Å².